The largest absolute Gasteiger partial charge is 0.493 e. The molecule has 0 saturated heterocycles. The zero-order chi connectivity index (χ0) is 15.0. The molecule has 7 heteroatoms. The zero-order valence-electron chi connectivity index (χ0n) is 11.5. The van der Waals surface area contributed by atoms with Crippen molar-refractivity contribution in [1.29, 1.82) is 0 Å². The standard InChI is InChI=1S/C13H19F2NO3S/c1-3-20(17)7-6-16-9-10-4-5-11(18-2)12(8-10)19-13(14)15/h4-5,8,13,16H,3,6-7,9H2,1-2H3. The maximum Gasteiger partial charge on any atom is 0.387 e. The first-order chi connectivity index (χ1) is 9.56. The topological polar surface area (TPSA) is 47.6 Å². The molecule has 1 atom stereocenters. The van der Waals surface area contributed by atoms with Gasteiger partial charge in [-0.2, -0.15) is 8.78 Å². The summed E-state index contributed by atoms with van der Waals surface area (Å²) in [7, 11) is 0.586. The van der Waals surface area contributed by atoms with Crippen molar-refractivity contribution in [2.45, 2.75) is 20.1 Å². The number of benzene rings is 1. The van der Waals surface area contributed by atoms with E-state index in [1.165, 1.54) is 13.2 Å². The monoisotopic (exact) mass is 307 g/mol. The molecule has 0 aliphatic carbocycles. The highest BCUT2D eigenvalue weighted by Gasteiger charge is 2.11. The lowest BCUT2D eigenvalue weighted by Crippen LogP contribution is -2.20. The number of hydrogen-bond acceptors (Lipinski definition) is 4. The second kappa shape index (κ2) is 8.86. The van der Waals surface area contributed by atoms with E-state index in [0.717, 1.165) is 5.56 Å². The van der Waals surface area contributed by atoms with Gasteiger partial charge in [0.1, 0.15) is 0 Å². The Hall–Kier alpha value is -1.21. The van der Waals surface area contributed by atoms with E-state index in [0.29, 0.717) is 24.6 Å². The van der Waals surface area contributed by atoms with Crippen LogP contribution >= 0.6 is 0 Å². The third kappa shape index (κ3) is 5.83. The van der Waals surface area contributed by atoms with Crippen LogP contribution in [0, 0.1) is 0 Å². The van der Waals surface area contributed by atoms with Crippen molar-refractivity contribution >= 4 is 10.8 Å². The van der Waals surface area contributed by atoms with Crippen molar-refractivity contribution in [2.24, 2.45) is 0 Å². The van der Waals surface area contributed by atoms with Gasteiger partial charge in [0.25, 0.3) is 0 Å². The molecule has 0 heterocycles. The van der Waals surface area contributed by atoms with E-state index in [4.69, 9.17) is 4.74 Å². The minimum atomic E-state index is -2.89. The van der Waals surface area contributed by atoms with Crippen LogP contribution in [0.4, 0.5) is 8.78 Å². The van der Waals surface area contributed by atoms with Gasteiger partial charge in [0.15, 0.2) is 11.5 Å². The summed E-state index contributed by atoms with van der Waals surface area (Å²) in [5.74, 6) is 1.49. The van der Waals surface area contributed by atoms with Crippen molar-refractivity contribution in [3.8, 4) is 11.5 Å². The van der Waals surface area contributed by atoms with Crippen molar-refractivity contribution in [3.05, 3.63) is 23.8 Å². The molecule has 4 nitrogen and oxygen atoms in total. The van der Waals surface area contributed by atoms with Gasteiger partial charge in [0.2, 0.25) is 0 Å². The Morgan fingerprint density at radius 2 is 2.10 bits per heavy atom. The maximum absolute atomic E-state index is 12.3. The fourth-order valence-corrected chi connectivity index (χ4v) is 2.24. The van der Waals surface area contributed by atoms with E-state index in [2.05, 4.69) is 10.1 Å². The molecule has 1 rings (SSSR count). The summed E-state index contributed by atoms with van der Waals surface area (Å²) in [5, 5.41) is 3.11. The van der Waals surface area contributed by atoms with Crippen molar-refractivity contribution in [1.82, 2.24) is 5.32 Å². The van der Waals surface area contributed by atoms with Crippen molar-refractivity contribution in [2.75, 3.05) is 25.2 Å². The summed E-state index contributed by atoms with van der Waals surface area (Å²) in [4.78, 5) is 0. The first-order valence-electron chi connectivity index (χ1n) is 6.24. The van der Waals surface area contributed by atoms with Crippen LogP contribution in [0.25, 0.3) is 0 Å². The Labute approximate surface area is 119 Å². The average Bonchev–Trinajstić information content (AvgIpc) is 2.43. The molecular formula is C13H19F2NO3S. The minimum absolute atomic E-state index is 0.0129. The summed E-state index contributed by atoms with van der Waals surface area (Å²) in [6, 6.07) is 4.86. The molecule has 0 spiro atoms. The lowest BCUT2D eigenvalue weighted by atomic mass is 10.2. The molecule has 0 fully saturated rings. The van der Waals surface area contributed by atoms with Crippen molar-refractivity contribution in [3.63, 3.8) is 0 Å². The van der Waals surface area contributed by atoms with Gasteiger partial charge >= 0.3 is 6.61 Å². The zero-order valence-corrected chi connectivity index (χ0v) is 12.3. The molecule has 0 aliphatic heterocycles. The second-order valence-electron chi connectivity index (χ2n) is 3.97. The van der Waals surface area contributed by atoms with Crippen LogP contribution in [-0.4, -0.2) is 36.0 Å². The summed E-state index contributed by atoms with van der Waals surface area (Å²) < 4.78 is 45.1. The predicted molar refractivity (Wildman–Crippen MR) is 74.9 cm³/mol. The SMILES string of the molecule is CCS(=O)CCNCc1ccc(OC)c(OC(F)F)c1. The van der Waals surface area contributed by atoms with Gasteiger partial charge in [0.05, 0.1) is 7.11 Å². The molecule has 0 amide bonds. The predicted octanol–water partition coefficient (Wildman–Crippen LogP) is 2.15. The Morgan fingerprint density at radius 1 is 1.35 bits per heavy atom. The second-order valence-corrected chi connectivity index (χ2v) is 5.84. The number of ether oxygens (including phenoxy) is 2. The third-order valence-corrected chi connectivity index (χ3v) is 3.91. The molecule has 1 unspecified atom stereocenters. The van der Waals surface area contributed by atoms with Crippen molar-refractivity contribution < 1.29 is 22.5 Å². The van der Waals surface area contributed by atoms with Crippen LogP contribution in [0.1, 0.15) is 12.5 Å². The van der Waals surface area contributed by atoms with Gasteiger partial charge in [-0.05, 0) is 17.7 Å². The number of halogens is 2. The Morgan fingerprint density at radius 3 is 2.70 bits per heavy atom. The molecule has 1 N–H and O–H groups in total. The maximum atomic E-state index is 12.3. The lowest BCUT2D eigenvalue weighted by Gasteiger charge is -2.12. The fourth-order valence-electron chi connectivity index (χ4n) is 1.58. The Kier molecular flexibility index (Phi) is 7.46. The van der Waals surface area contributed by atoms with Gasteiger partial charge in [-0.15, -0.1) is 0 Å². The summed E-state index contributed by atoms with van der Waals surface area (Å²) in [6.45, 7) is 0.0781. The van der Waals surface area contributed by atoms with E-state index < -0.39 is 17.4 Å². The molecule has 0 aromatic heterocycles. The summed E-state index contributed by atoms with van der Waals surface area (Å²) in [5.41, 5.74) is 0.795. The molecule has 0 bridgehead atoms. The Balaban J connectivity index is 2.55. The summed E-state index contributed by atoms with van der Waals surface area (Å²) >= 11 is 0. The first kappa shape index (κ1) is 16.8. The number of hydrogen-bond donors (Lipinski definition) is 1. The van der Waals surface area contributed by atoms with E-state index in [1.807, 2.05) is 6.92 Å². The highest BCUT2D eigenvalue weighted by Crippen LogP contribution is 2.29. The number of methoxy groups -OCH3 is 1. The van der Waals surface area contributed by atoms with Crippen LogP contribution in [0.2, 0.25) is 0 Å². The highest BCUT2D eigenvalue weighted by molar-refractivity contribution is 7.84. The molecule has 1 aromatic carbocycles. The van der Waals surface area contributed by atoms with Gasteiger partial charge in [-0.3, -0.25) is 4.21 Å². The van der Waals surface area contributed by atoms with Crippen LogP contribution in [0.5, 0.6) is 11.5 Å². The average molecular weight is 307 g/mol. The smallest absolute Gasteiger partial charge is 0.387 e. The Bertz CT molecular complexity index is 444. The van der Waals surface area contributed by atoms with E-state index in [9.17, 15) is 13.0 Å². The molecule has 0 aliphatic rings. The molecule has 0 radical (unpaired) electrons. The number of rotatable bonds is 9. The summed E-state index contributed by atoms with van der Waals surface area (Å²) in [6.07, 6.45) is 0. The first-order valence-corrected chi connectivity index (χ1v) is 7.73. The molecule has 20 heavy (non-hydrogen) atoms. The quantitative estimate of drug-likeness (QED) is 0.710. The molecular weight excluding hydrogens is 288 g/mol. The normalized spacial score (nSPS) is 12.4. The number of alkyl halides is 2. The van der Waals surface area contributed by atoms with Crippen LogP contribution in [0.3, 0.4) is 0 Å². The van der Waals surface area contributed by atoms with E-state index >= 15 is 0 Å². The van der Waals surface area contributed by atoms with Crippen LogP contribution < -0.4 is 14.8 Å². The lowest BCUT2D eigenvalue weighted by molar-refractivity contribution is -0.0512. The molecule has 1 aromatic rings. The van der Waals surface area contributed by atoms with Gasteiger partial charge in [-0.25, -0.2) is 0 Å². The van der Waals surface area contributed by atoms with E-state index in [-0.39, 0.29) is 11.5 Å². The minimum Gasteiger partial charge on any atom is -0.493 e. The highest BCUT2D eigenvalue weighted by atomic mass is 32.2. The van der Waals surface area contributed by atoms with Gasteiger partial charge < -0.3 is 14.8 Å². The molecule has 114 valence electrons. The molecule has 0 saturated carbocycles. The van der Waals surface area contributed by atoms with Crippen LogP contribution in [-0.2, 0) is 17.3 Å². The van der Waals surface area contributed by atoms with E-state index in [1.54, 1.807) is 12.1 Å². The third-order valence-electron chi connectivity index (χ3n) is 2.60. The van der Waals surface area contributed by atoms with Gasteiger partial charge in [0, 0.05) is 35.4 Å². The fraction of sp³-hybridized carbons (Fsp3) is 0.538. The van der Waals surface area contributed by atoms with Crippen LogP contribution in [0.15, 0.2) is 18.2 Å². The number of nitrogens with one attached hydrogen (secondary N) is 1. The van der Waals surface area contributed by atoms with Gasteiger partial charge in [-0.1, -0.05) is 13.0 Å².